The van der Waals surface area contributed by atoms with Crippen molar-refractivity contribution in [1.29, 1.82) is 0 Å². The summed E-state index contributed by atoms with van der Waals surface area (Å²) in [5, 5.41) is 12.0. The quantitative estimate of drug-likeness (QED) is 0.749. The van der Waals surface area contributed by atoms with Gasteiger partial charge in [-0.25, -0.2) is 9.59 Å². The van der Waals surface area contributed by atoms with Crippen LogP contribution in [0.5, 0.6) is 0 Å². The van der Waals surface area contributed by atoms with E-state index in [4.69, 9.17) is 0 Å². The van der Waals surface area contributed by atoms with Crippen LogP contribution in [-0.2, 0) is 4.79 Å². The van der Waals surface area contributed by atoms with Crippen LogP contribution >= 0.6 is 11.8 Å². The zero-order valence-corrected chi connectivity index (χ0v) is 11.2. The molecule has 1 aliphatic heterocycles. The second-order valence-corrected chi connectivity index (χ2v) is 5.40. The largest absolute Gasteiger partial charge is 0.480 e. The first-order valence-electron chi connectivity index (χ1n) is 5.80. The number of amides is 2. The fourth-order valence-electron chi connectivity index (χ4n) is 2.02. The summed E-state index contributed by atoms with van der Waals surface area (Å²) in [7, 11) is 0. The average molecular weight is 260 g/mol. The van der Waals surface area contributed by atoms with Crippen LogP contribution in [-0.4, -0.2) is 52.6 Å². The molecule has 0 aromatic heterocycles. The van der Waals surface area contributed by atoms with Crippen LogP contribution in [0.4, 0.5) is 4.79 Å². The van der Waals surface area contributed by atoms with E-state index in [2.05, 4.69) is 5.32 Å². The molecule has 98 valence electrons. The van der Waals surface area contributed by atoms with Crippen molar-refractivity contribution >= 4 is 23.8 Å². The number of carbonyl (C=O) groups is 2. The molecule has 1 unspecified atom stereocenters. The summed E-state index contributed by atoms with van der Waals surface area (Å²) in [4.78, 5) is 24.7. The van der Waals surface area contributed by atoms with Crippen molar-refractivity contribution in [2.45, 2.75) is 31.7 Å². The number of thioether (sulfide) groups is 1. The van der Waals surface area contributed by atoms with Crippen LogP contribution in [0.25, 0.3) is 0 Å². The highest BCUT2D eigenvalue weighted by molar-refractivity contribution is 7.98. The number of nitrogens with zero attached hydrogens (tertiary/aromatic N) is 1. The number of likely N-dealkylation sites (tertiary alicyclic amines) is 1. The van der Waals surface area contributed by atoms with Crippen LogP contribution in [0.1, 0.15) is 26.2 Å². The minimum absolute atomic E-state index is 0.261. The van der Waals surface area contributed by atoms with Gasteiger partial charge in [0.2, 0.25) is 0 Å². The molecule has 0 aromatic rings. The van der Waals surface area contributed by atoms with Crippen LogP contribution < -0.4 is 5.32 Å². The van der Waals surface area contributed by atoms with Gasteiger partial charge < -0.3 is 15.3 Å². The normalized spacial score (nSPS) is 24.5. The SMILES string of the molecule is CSCCNC(=O)N1CCCCC1(C)C(=O)O. The molecule has 1 atom stereocenters. The van der Waals surface area contributed by atoms with E-state index < -0.39 is 11.5 Å². The molecule has 1 rings (SSSR count). The summed E-state index contributed by atoms with van der Waals surface area (Å²) >= 11 is 1.65. The van der Waals surface area contributed by atoms with Crippen LogP contribution in [0.15, 0.2) is 0 Å². The van der Waals surface area contributed by atoms with E-state index >= 15 is 0 Å². The molecule has 0 saturated carbocycles. The Morgan fingerprint density at radius 3 is 2.76 bits per heavy atom. The summed E-state index contributed by atoms with van der Waals surface area (Å²) in [5.41, 5.74) is -1.05. The maximum absolute atomic E-state index is 11.9. The first-order chi connectivity index (χ1) is 8.02. The highest BCUT2D eigenvalue weighted by Crippen LogP contribution is 2.28. The second-order valence-electron chi connectivity index (χ2n) is 4.41. The van der Waals surface area contributed by atoms with Gasteiger partial charge in [-0.05, 0) is 32.4 Å². The smallest absolute Gasteiger partial charge is 0.329 e. The van der Waals surface area contributed by atoms with Gasteiger partial charge in [0, 0.05) is 18.8 Å². The predicted octanol–water partition coefficient (Wildman–Crippen LogP) is 1.39. The number of carboxylic acids is 1. The highest BCUT2D eigenvalue weighted by atomic mass is 32.2. The van der Waals surface area contributed by atoms with Crippen LogP contribution in [0.3, 0.4) is 0 Å². The summed E-state index contributed by atoms with van der Waals surface area (Å²) in [6, 6.07) is -0.261. The van der Waals surface area contributed by atoms with Gasteiger partial charge >= 0.3 is 12.0 Å². The lowest BCUT2D eigenvalue weighted by molar-refractivity contribution is -0.150. The monoisotopic (exact) mass is 260 g/mol. The Labute approximate surface area is 106 Å². The van der Waals surface area contributed by atoms with Gasteiger partial charge in [0.25, 0.3) is 0 Å². The third-order valence-electron chi connectivity index (χ3n) is 3.18. The van der Waals surface area contributed by atoms with E-state index in [0.717, 1.165) is 18.6 Å². The minimum Gasteiger partial charge on any atom is -0.480 e. The van der Waals surface area contributed by atoms with E-state index in [9.17, 15) is 14.7 Å². The number of rotatable bonds is 4. The molecule has 5 nitrogen and oxygen atoms in total. The molecule has 0 bridgehead atoms. The lowest BCUT2D eigenvalue weighted by Crippen LogP contribution is -2.60. The van der Waals surface area contributed by atoms with Crippen molar-refractivity contribution in [1.82, 2.24) is 10.2 Å². The van der Waals surface area contributed by atoms with E-state index in [0.29, 0.717) is 19.5 Å². The zero-order chi connectivity index (χ0) is 12.9. The number of piperidine rings is 1. The minimum atomic E-state index is -1.05. The molecular weight excluding hydrogens is 240 g/mol. The molecule has 0 spiro atoms. The Bertz CT molecular complexity index is 298. The molecule has 0 aliphatic carbocycles. The maximum Gasteiger partial charge on any atom is 0.329 e. The summed E-state index contributed by atoms with van der Waals surface area (Å²) in [6.07, 6.45) is 4.23. The third-order valence-corrected chi connectivity index (χ3v) is 3.79. The van der Waals surface area contributed by atoms with Crippen LogP contribution in [0, 0.1) is 0 Å². The third kappa shape index (κ3) is 3.28. The molecular formula is C11H20N2O3S. The second kappa shape index (κ2) is 6.14. The van der Waals surface area contributed by atoms with Gasteiger partial charge in [0.15, 0.2) is 0 Å². The van der Waals surface area contributed by atoms with Gasteiger partial charge in [-0.3, -0.25) is 0 Å². The van der Waals surface area contributed by atoms with E-state index in [1.165, 1.54) is 4.90 Å². The van der Waals surface area contributed by atoms with Crippen LogP contribution in [0.2, 0.25) is 0 Å². The number of nitrogens with one attached hydrogen (secondary N) is 1. The number of carbonyl (C=O) groups excluding carboxylic acids is 1. The van der Waals surface area contributed by atoms with Crippen molar-refractivity contribution in [2.24, 2.45) is 0 Å². The van der Waals surface area contributed by atoms with Gasteiger partial charge in [-0.1, -0.05) is 0 Å². The zero-order valence-electron chi connectivity index (χ0n) is 10.4. The molecule has 1 aliphatic rings. The van der Waals surface area contributed by atoms with Gasteiger partial charge in [-0.2, -0.15) is 11.8 Å². The van der Waals surface area contributed by atoms with Gasteiger partial charge in [0.1, 0.15) is 5.54 Å². The maximum atomic E-state index is 11.9. The molecule has 2 amide bonds. The van der Waals surface area contributed by atoms with E-state index in [1.807, 2.05) is 6.26 Å². The first-order valence-corrected chi connectivity index (χ1v) is 7.19. The number of carboxylic acid groups (broad SMARTS) is 1. The molecule has 6 heteroatoms. The van der Waals surface area contributed by atoms with Crippen molar-refractivity contribution in [3.05, 3.63) is 0 Å². The Hall–Kier alpha value is -0.910. The highest BCUT2D eigenvalue weighted by Gasteiger charge is 2.43. The van der Waals surface area contributed by atoms with Crippen molar-refractivity contribution < 1.29 is 14.7 Å². The van der Waals surface area contributed by atoms with Crippen molar-refractivity contribution in [2.75, 3.05) is 25.1 Å². The summed E-state index contributed by atoms with van der Waals surface area (Å²) in [5.74, 6) is -0.0826. The average Bonchev–Trinajstić information content (AvgIpc) is 2.29. The molecule has 0 aromatic carbocycles. The summed E-state index contributed by atoms with van der Waals surface area (Å²) in [6.45, 7) is 2.72. The Morgan fingerprint density at radius 1 is 1.47 bits per heavy atom. The molecule has 17 heavy (non-hydrogen) atoms. The Morgan fingerprint density at radius 2 is 2.18 bits per heavy atom. The number of aliphatic carboxylic acids is 1. The first kappa shape index (κ1) is 14.2. The lowest BCUT2D eigenvalue weighted by Gasteiger charge is -2.41. The Kier molecular flexibility index (Phi) is 5.11. The fraction of sp³-hybridized carbons (Fsp3) is 0.818. The molecule has 1 heterocycles. The number of hydrogen-bond acceptors (Lipinski definition) is 3. The molecule has 2 N–H and O–H groups in total. The number of hydrogen-bond donors (Lipinski definition) is 2. The summed E-state index contributed by atoms with van der Waals surface area (Å²) < 4.78 is 0. The van der Waals surface area contributed by atoms with Gasteiger partial charge in [-0.15, -0.1) is 0 Å². The topological polar surface area (TPSA) is 69.6 Å². The lowest BCUT2D eigenvalue weighted by atomic mass is 9.89. The van der Waals surface area contributed by atoms with E-state index in [-0.39, 0.29) is 6.03 Å². The molecule has 1 fully saturated rings. The number of urea groups is 1. The molecule has 0 radical (unpaired) electrons. The standard InChI is InChI=1S/C11H20N2O3S/c1-11(9(14)15)5-3-4-7-13(11)10(16)12-6-8-17-2/h3-8H2,1-2H3,(H,12,16)(H,14,15). The van der Waals surface area contributed by atoms with Gasteiger partial charge in [0.05, 0.1) is 0 Å². The Balaban J connectivity index is 2.65. The molecule has 1 saturated heterocycles. The predicted molar refractivity (Wildman–Crippen MR) is 68.4 cm³/mol. The van der Waals surface area contributed by atoms with Crippen molar-refractivity contribution in [3.63, 3.8) is 0 Å². The van der Waals surface area contributed by atoms with E-state index in [1.54, 1.807) is 18.7 Å². The fourth-order valence-corrected chi connectivity index (χ4v) is 2.33. The van der Waals surface area contributed by atoms with Crippen molar-refractivity contribution in [3.8, 4) is 0 Å².